The minimum absolute atomic E-state index is 0.116. The molecule has 0 saturated heterocycles. The Bertz CT molecular complexity index is 526. The highest BCUT2D eigenvalue weighted by atomic mass is 16.5. The van der Waals surface area contributed by atoms with Crippen molar-refractivity contribution in [3.63, 3.8) is 0 Å². The molecule has 0 aliphatic rings. The van der Waals surface area contributed by atoms with E-state index in [1.807, 2.05) is 43.3 Å². The monoisotopic (exact) mass is 298 g/mol. The Balaban J connectivity index is 2.05. The molecule has 116 valence electrons. The standard InChI is InChI=1S/C19H22O3/c1-15(12-13-18(20)21)14-22-19(16-8-4-2-5-9-16)17-10-6-3-7-11-17/h2-11,15,19H,12-14H2,1H3,(H,20,21). The first-order valence-electron chi connectivity index (χ1n) is 7.60. The van der Waals surface area contributed by atoms with Crippen LogP contribution in [0.15, 0.2) is 60.7 Å². The molecule has 0 aromatic heterocycles. The van der Waals surface area contributed by atoms with Crippen LogP contribution < -0.4 is 0 Å². The molecule has 0 bridgehead atoms. The van der Waals surface area contributed by atoms with Gasteiger partial charge in [-0.05, 0) is 23.5 Å². The highest BCUT2D eigenvalue weighted by Gasteiger charge is 2.16. The van der Waals surface area contributed by atoms with E-state index in [-0.39, 0.29) is 18.4 Å². The van der Waals surface area contributed by atoms with Gasteiger partial charge in [0.25, 0.3) is 0 Å². The van der Waals surface area contributed by atoms with E-state index in [0.29, 0.717) is 13.0 Å². The van der Waals surface area contributed by atoms with Crippen LogP contribution in [-0.2, 0) is 9.53 Å². The van der Waals surface area contributed by atoms with E-state index >= 15 is 0 Å². The average Bonchev–Trinajstić information content (AvgIpc) is 2.55. The molecule has 0 radical (unpaired) electrons. The average molecular weight is 298 g/mol. The molecule has 0 saturated carbocycles. The number of ether oxygens (including phenoxy) is 1. The summed E-state index contributed by atoms with van der Waals surface area (Å²) in [6, 6.07) is 20.2. The van der Waals surface area contributed by atoms with Crippen LogP contribution in [0.2, 0.25) is 0 Å². The molecule has 2 rings (SSSR count). The van der Waals surface area contributed by atoms with Crippen LogP contribution in [0, 0.1) is 5.92 Å². The predicted octanol–water partition coefficient (Wildman–Crippen LogP) is 4.29. The summed E-state index contributed by atoms with van der Waals surface area (Å²) in [5, 5.41) is 8.75. The highest BCUT2D eigenvalue weighted by molar-refractivity contribution is 5.66. The maximum atomic E-state index is 10.6. The maximum absolute atomic E-state index is 10.6. The lowest BCUT2D eigenvalue weighted by Crippen LogP contribution is -2.13. The van der Waals surface area contributed by atoms with E-state index in [1.54, 1.807) is 0 Å². The summed E-state index contributed by atoms with van der Waals surface area (Å²) in [6.45, 7) is 2.57. The first-order valence-corrected chi connectivity index (χ1v) is 7.60. The quantitative estimate of drug-likeness (QED) is 0.790. The molecular weight excluding hydrogens is 276 g/mol. The third kappa shape index (κ3) is 5.01. The molecular formula is C19H22O3. The van der Waals surface area contributed by atoms with Crippen molar-refractivity contribution < 1.29 is 14.6 Å². The fraction of sp³-hybridized carbons (Fsp3) is 0.316. The summed E-state index contributed by atoms with van der Waals surface area (Å²) in [4.78, 5) is 10.6. The molecule has 0 heterocycles. The summed E-state index contributed by atoms with van der Waals surface area (Å²) < 4.78 is 6.12. The molecule has 3 nitrogen and oxygen atoms in total. The lowest BCUT2D eigenvalue weighted by Gasteiger charge is -2.21. The van der Waals surface area contributed by atoms with Gasteiger partial charge in [-0.2, -0.15) is 0 Å². The molecule has 22 heavy (non-hydrogen) atoms. The van der Waals surface area contributed by atoms with Crippen molar-refractivity contribution in [1.29, 1.82) is 0 Å². The van der Waals surface area contributed by atoms with E-state index in [4.69, 9.17) is 9.84 Å². The van der Waals surface area contributed by atoms with Crippen molar-refractivity contribution in [2.24, 2.45) is 5.92 Å². The van der Waals surface area contributed by atoms with Gasteiger partial charge in [0.1, 0.15) is 6.10 Å². The van der Waals surface area contributed by atoms with Crippen molar-refractivity contribution in [1.82, 2.24) is 0 Å². The van der Waals surface area contributed by atoms with Crippen LogP contribution in [0.5, 0.6) is 0 Å². The van der Waals surface area contributed by atoms with Crippen molar-refractivity contribution in [3.8, 4) is 0 Å². The van der Waals surface area contributed by atoms with Gasteiger partial charge < -0.3 is 9.84 Å². The molecule has 1 N–H and O–H groups in total. The second-order valence-electron chi connectivity index (χ2n) is 5.57. The largest absolute Gasteiger partial charge is 0.481 e. The predicted molar refractivity (Wildman–Crippen MR) is 86.7 cm³/mol. The molecule has 0 spiro atoms. The Morgan fingerprint density at radius 2 is 1.50 bits per heavy atom. The van der Waals surface area contributed by atoms with Gasteiger partial charge in [-0.25, -0.2) is 0 Å². The Kier molecular flexibility index (Phi) is 6.16. The van der Waals surface area contributed by atoms with Crippen LogP contribution in [-0.4, -0.2) is 17.7 Å². The number of rotatable bonds is 8. The second kappa shape index (κ2) is 8.35. The molecule has 1 unspecified atom stereocenters. The number of carbonyl (C=O) groups is 1. The molecule has 0 fully saturated rings. The molecule has 2 aromatic rings. The topological polar surface area (TPSA) is 46.5 Å². The van der Waals surface area contributed by atoms with Crippen LogP contribution >= 0.6 is 0 Å². The Hall–Kier alpha value is -2.13. The van der Waals surface area contributed by atoms with Gasteiger partial charge in [-0.15, -0.1) is 0 Å². The molecule has 2 aromatic carbocycles. The zero-order valence-electron chi connectivity index (χ0n) is 12.8. The minimum atomic E-state index is -0.755. The summed E-state index contributed by atoms with van der Waals surface area (Å²) in [6.07, 6.45) is 0.701. The fourth-order valence-electron chi connectivity index (χ4n) is 2.35. The molecule has 0 aliphatic carbocycles. The van der Waals surface area contributed by atoms with Gasteiger partial charge in [0.2, 0.25) is 0 Å². The van der Waals surface area contributed by atoms with Gasteiger partial charge in [0.05, 0.1) is 6.61 Å². The third-order valence-corrected chi connectivity index (χ3v) is 3.60. The molecule has 1 atom stereocenters. The van der Waals surface area contributed by atoms with E-state index in [2.05, 4.69) is 24.3 Å². The van der Waals surface area contributed by atoms with Gasteiger partial charge >= 0.3 is 5.97 Å². The molecule has 0 aliphatic heterocycles. The number of hydrogen-bond acceptors (Lipinski definition) is 2. The van der Waals surface area contributed by atoms with Gasteiger partial charge in [-0.3, -0.25) is 4.79 Å². The summed E-state index contributed by atoms with van der Waals surface area (Å²) >= 11 is 0. The second-order valence-corrected chi connectivity index (χ2v) is 5.57. The smallest absolute Gasteiger partial charge is 0.303 e. The van der Waals surface area contributed by atoms with Crippen molar-refractivity contribution in [3.05, 3.63) is 71.8 Å². The van der Waals surface area contributed by atoms with E-state index < -0.39 is 5.97 Å². The van der Waals surface area contributed by atoms with Crippen molar-refractivity contribution >= 4 is 5.97 Å². The van der Waals surface area contributed by atoms with Crippen LogP contribution in [0.4, 0.5) is 0 Å². The maximum Gasteiger partial charge on any atom is 0.303 e. The summed E-state index contributed by atoms with van der Waals surface area (Å²) in [7, 11) is 0. The normalized spacial score (nSPS) is 12.3. The fourth-order valence-corrected chi connectivity index (χ4v) is 2.35. The Labute approximate surface area is 131 Å². The number of carboxylic acid groups (broad SMARTS) is 1. The Morgan fingerprint density at radius 3 is 1.95 bits per heavy atom. The lowest BCUT2D eigenvalue weighted by molar-refractivity contribution is -0.137. The highest BCUT2D eigenvalue weighted by Crippen LogP contribution is 2.26. The van der Waals surface area contributed by atoms with Gasteiger partial charge in [0, 0.05) is 6.42 Å². The van der Waals surface area contributed by atoms with E-state index in [9.17, 15) is 4.79 Å². The number of carboxylic acids is 1. The number of benzene rings is 2. The zero-order valence-corrected chi connectivity index (χ0v) is 12.8. The van der Waals surface area contributed by atoms with Crippen LogP contribution in [0.3, 0.4) is 0 Å². The third-order valence-electron chi connectivity index (χ3n) is 3.60. The molecule has 3 heteroatoms. The minimum Gasteiger partial charge on any atom is -0.481 e. The van der Waals surface area contributed by atoms with E-state index in [0.717, 1.165) is 11.1 Å². The number of hydrogen-bond donors (Lipinski definition) is 1. The first kappa shape index (κ1) is 16.2. The summed E-state index contributed by atoms with van der Waals surface area (Å²) in [5.41, 5.74) is 2.22. The van der Waals surface area contributed by atoms with Gasteiger partial charge in [-0.1, -0.05) is 67.6 Å². The zero-order chi connectivity index (χ0) is 15.8. The first-order chi connectivity index (χ1) is 10.7. The van der Waals surface area contributed by atoms with Crippen LogP contribution in [0.25, 0.3) is 0 Å². The van der Waals surface area contributed by atoms with Gasteiger partial charge in [0.15, 0.2) is 0 Å². The van der Waals surface area contributed by atoms with Crippen LogP contribution in [0.1, 0.15) is 37.0 Å². The van der Waals surface area contributed by atoms with Crippen molar-refractivity contribution in [2.45, 2.75) is 25.9 Å². The number of aliphatic carboxylic acids is 1. The lowest BCUT2D eigenvalue weighted by atomic mass is 10.0. The Morgan fingerprint density at radius 1 is 1.00 bits per heavy atom. The van der Waals surface area contributed by atoms with E-state index in [1.165, 1.54) is 0 Å². The molecule has 0 amide bonds. The summed E-state index contributed by atoms with van der Waals surface area (Å²) in [5.74, 6) is -0.541. The van der Waals surface area contributed by atoms with Crippen molar-refractivity contribution in [2.75, 3.05) is 6.61 Å². The SMILES string of the molecule is CC(CCC(=O)O)COC(c1ccccc1)c1ccccc1.